The Kier molecular flexibility index (Phi) is 4.87. The fraction of sp³-hybridized carbons (Fsp3) is 0.238. The van der Waals surface area contributed by atoms with Crippen molar-refractivity contribution in [3.05, 3.63) is 82.8 Å². The number of hydrogen-bond donors (Lipinski definition) is 1. The number of aromatic nitrogens is 7. The Hall–Kier alpha value is -4.08. The van der Waals surface area contributed by atoms with Gasteiger partial charge in [0.05, 0.1) is 17.9 Å². The lowest BCUT2D eigenvalue weighted by Gasteiger charge is -2.06. The van der Waals surface area contributed by atoms with Crippen LogP contribution in [0, 0.1) is 0 Å². The molecule has 31 heavy (non-hydrogen) atoms. The molecule has 0 saturated heterocycles. The van der Waals surface area contributed by atoms with E-state index in [9.17, 15) is 9.59 Å². The number of carbonyl (C=O) groups is 1. The van der Waals surface area contributed by atoms with Gasteiger partial charge >= 0.3 is 5.69 Å². The average Bonchev–Trinajstić information content (AvgIpc) is 3.39. The number of benzene rings is 2. The first kappa shape index (κ1) is 18.9. The fourth-order valence-corrected chi connectivity index (χ4v) is 3.44. The summed E-state index contributed by atoms with van der Waals surface area (Å²) in [4.78, 5) is 25.5. The molecule has 0 unspecified atom stereocenters. The number of carbonyl (C=O) groups excluding carboxylic acids is 1. The normalized spacial score (nSPS) is 13.3. The van der Waals surface area contributed by atoms with Crippen molar-refractivity contribution >= 4 is 5.91 Å². The maximum absolute atomic E-state index is 13.0. The van der Waals surface area contributed by atoms with Crippen LogP contribution in [0.15, 0.2) is 65.7 Å². The lowest BCUT2D eigenvalue weighted by molar-refractivity contribution is 0.0951. The van der Waals surface area contributed by atoms with E-state index in [4.69, 9.17) is 0 Å². The van der Waals surface area contributed by atoms with E-state index in [2.05, 4.69) is 25.9 Å². The summed E-state index contributed by atoms with van der Waals surface area (Å²) in [6.45, 7) is 0.570. The lowest BCUT2D eigenvalue weighted by Crippen LogP contribution is -2.32. The molecular weight excluding hydrogens is 396 g/mol. The van der Waals surface area contributed by atoms with Crippen molar-refractivity contribution in [2.24, 2.45) is 0 Å². The maximum Gasteiger partial charge on any atom is 0.350 e. The summed E-state index contributed by atoms with van der Waals surface area (Å²) in [5.74, 6) is 0.863. The molecule has 5 rings (SSSR count). The summed E-state index contributed by atoms with van der Waals surface area (Å²) in [7, 11) is 0. The molecule has 1 fully saturated rings. The van der Waals surface area contributed by atoms with E-state index in [-0.39, 0.29) is 24.7 Å². The molecule has 2 heterocycles. The highest BCUT2D eigenvalue weighted by Gasteiger charge is 2.31. The summed E-state index contributed by atoms with van der Waals surface area (Å²) >= 11 is 0. The summed E-state index contributed by atoms with van der Waals surface area (Å²) < 4.78 is 4.58. The number of tetrazole rings is 1. The van der Waals surface area contributed by atoms with Crippen molar-refractivity contribution in [2.75, 3.05) is 6.54 Å². The van der Waals surface area contributed by atoms with Crippen molar-refractivity contribution < 1.29 is 4.79 Å². The molecule has 0 radical (unpaired) electrons. The van der Waals surface area contributed by atoms with Crippen molar-refractivity contribution in [1.82, 2.24) is 39.9 Å². The van der Waals surface area contributed by atoms with E-state index in [0.29, 0.717) is 17.2 Å². The highest BCUT2D eigenvalue weighted by atomic mass is 16.2. The van der Waals surface area contributed by atoms with Gasteiger partial charge in [0, 0.05) is 18.0 Å². The number of amides is 1. The van der Waals surface area contributed by atoms with Gasteiger partial charge in [-0.15, -0.1) is 5.10 Å². The predicted octanol–water partition coefficient (Wildman–Crippen LogP) is 1.32. The second-order valence-electron chi connectivity index (χ2n) is 7.37. The van der Waals surface area contributed by atoms with Crippen LogP contribution in [0.1, 0.15) is 34.9 Å². The second kappa shape index (κ2) is 7.98. The van der Waals surface area contributed by atoms with Gasteiger partial charge < -0.3 is 5.32 Å². The molecule has 1 saturated carbocycles. The molecule has 10 heteroatoms. The number of hydrogen-bond acceptors (Lipinski definition) is 6. The van der Waals surface area contributed by atoms with E-state index in [0.717, 1.165) is 24.4 Å². The number of nitrogens with zero attached hydrogens (tertiary/aromatic N) is 7. The summed E-state index contributed by atoms with van der Waals surface area (Å²) in [6, 6.07) is 16.5. The molecule has 1 aliphatic carbocycles. The summed E-state index contributed by atoms with van der Waals surface area (Å²) in [6.07, 6.45) is 3.54. The Morgan fingerprint density at radius 1 is 1.06 bits per heavy atom. The quantitative estimate of drug-likeness (QED) is 0.486. The van der Waals surface area contributed by atoms with Crippen LogP contribution in [0.5, 0.6) is 0 Å². The first-order valence-corrected chi connectivity index (χ1v) is 10.1. The van der Waals surface area contributed by atoms with Crippen LogP contribution in [0.25, 0.3) is 11.4 Å². The highest BCUT2D eigenvalue weighted by Crippen LogP contribution is 2.39. The molecule has 0 bridgehead atoms. The second-order valence-corrected chi connectivity index (χ2v) is 7.37. The highest BCUT2D eigenvalue weighted by molar-refractivity contribution is 5.94. The largest absolute Gasteiger partial charge is 0.350 e. The molecule has 0 atom stereocenters. The van der Waals surface area contributed by atoms with Crippen LogP contribution in [0.3, 0.4) is 0 Å². The van der Waals surface area contributed by atoms with Crippen molar-refractivity contribution in [1.29, 1.82) is 0 Å². The smallest absolute Gasteiger partial charge is 0.350 e. The van der Waals surface area contributed by atoms with Crippen molar-refractivity contribution in [2.45, 2.75) is 25.3 Å². The Morgan fingerprint density at radius 3 is 2.61 bits per heavy atom. The third-order valence-corrected chi connectivity index (χ3v) is 5.15. The van der Waals surface area contributed by atoms with Crippen LogP contribution in [0.4, 0.5) is 0 Å². The number of nitrogens with one attached hydrogen (secondary N) is 1. The van der Waals surface area contributed by atoms with E-state index < -0.39 is 0 Å². The minimum absolute atomic E-state index is 0.192. The van der Waals surface area contributed by atoms with Crippen LogP contribution < -0.4 is 11.0 Å². The molecule has 1 aliphatic rings. The fourth-order valence-electron chi connectivity index (χ4n) is 3.44. The molecule has 1 N–H and O–H groups in total. The Balaban J connectivity index is 1.29. The minimum atomic E-state index is -0.243. The molecule has 2 aromatic heterocycles. The van der Waals surface area contributed by atoms with Crippen LogP contribution >= 0.6 is 0 Å². The standard InChI is InChI=1S/C21H20N8O2/c30-20(16-5-4-8-18(13-16)28-14-23-25-26-28)22-11-12-27-21(31)29(17-6-2-1-3-7-17)19(24-27)15-9-10-15/h1-8,13-15H,9-12H2,(H,22,30). The zero-order valence-corrected chi connectivity index (χ0v) is 16.6. The molecule has 4 aromatic rings. The van der Waals surface area contributed by atoms with Gasteiger partial charge in [0.25, 0.3) is 5.91 Å². The van der Waals surface area contributed by atoms with Gasteiger partial charge in [-0.25, -0.2) is 18.7 Å². The predicted molar refractivity (Wildman–Crippen MR) is 111 cm³/mol. The van der Waals surface area contributed by atoms with Crippen LogP contribution in [0.2, 0.25) is 0 Å². The van der Waals surface area contributed by atoms with E-state index in [1.165, 1.54) is 15.7 Å². The zero-order chi connectivity index (χ0) is 21.2. The van der Waals surface area contributed by atoms with Crippen molar-refractivity contribution in [3.8, 4) is 11.4 Å². The monoisotopic (exact) mass is 416 g/mol. The third kappa shape index (κ3) is 3.87. The van der Waals surface area contributed by atoms with Gasteiger partial charge in [-0.1, -0.05) is 24.3 Å². The van der Waals surface area contributed by atoms with Crippen LogP contribution in [-0.2, 0) is 6.54 Å². The summed E-state index contributed by atoms with van der Waals surface area (Å²) in [5, 5.41) is 18.4. The van der Waals surface area contributed by atoms with E-state index >= 15 is 0 Å². The van der Waals surface area contributed by atoms with Crippen LogP contribution in [-0.4, -0.2) is 47.0 Å². The van der Waals surface area contributed by atoms with E-state index in [1.54, 1.807) is 22.8 Å². The molecule has 0 aliphatic heterocycles. The third-order valence-electron chi connectivity index (χ3n) is 5.15. The molecule has 10 nitrogen and oxygen atoms in total. The van der Waals surface area contributed by atoms with Gasteiger partial charge in [-0.3, -0.25) is 4.79 Å². The van der Waals surface area contributed by atoms with Gasteiger partial charge in [-0.05, 0) is 53.6 Å². The Labute approximate surface area is 177 Å². The number of para-hydroxylation sites is 1. The van der Waals surface area contributed by atoms with Gasteiger partial charge in [0.1, 0.15) is 12.2 Å². The molecule has 2 aromatic carbocycles. The lowest BCUT2D eigenvalue weighted by atomic mass is 10.2. The van der Waals surface area contributed by atoms with Gasteiger partial charge in [-0.2, -0.15) is 5.10 Å². The van der Waals surface area contributed by atoms with Gasteiger partial charge in [0.2, 0.25) is 0 Å². The first-order valence-electron chi connectivity index (χ1n) is 10.1. The SMILES string of the molecule is O=C(NCCn1nc(C2CC2)n(-c2ccccc2)c1=O)c1cccc(-n2cnnn2)c1. The molecule has 0 spiro atoms. The number of rotatable bonds is 7. The minimum Gasteiger partial charge on any atom is -0.350 e. The Bertz CT molecular complexity index is 1260. The topological polar surface area (TPSA) is 113 Å². The zero-order valence-electron chi connectivity index (χ0n) is 16.6. The first-order chi connectivity index (χ1) is 15.2. The molecule has 1 amide bonds. The van der Waals surface area contributed by atoms with E-state index in [1.807, 2.05) is 36.4 Å². The maximum atomic E-state index is 13.0. The van der Waals surface area contributed by atoms with Gasteiger partial charge in [0.15, 0.2) is 0 Å². The van der Waals surface area contributed by atoms with Crippen molar-refractivity contribution in [3.63, 3.8) is 0 Å². The Morgan fingerprint density at radius 2 is 1.87 bits per heavy atom. The molecular formula is C21H20N8O2. The average molecular weight is 416 g/mol. The molecule has 156 valence electrons. The summed E-state index contributed by atoms with van der Waals surface area (Å²) in [5.41, 5.74) is 1.78.